The van der Waals surface area contributed by atoms with Gasteiger partial charge in [0.05, 0.1) is 38.6 Å². The van der Waals surface area contributed by atoms with Gasteiger partial charge in [-0.05, 0) is 96.0 Å². The summed E-state index contributed by atoms with van der Waals surface area (Å²) in [4.78, 5) is 0. The molecular weight excluding hydrogens is 677 g/mol. The van der Waals surface area contributed by atoms with Crippen LogP contribution in [0.4, 0.5) is 0 Å². The maximum absolute atomic E-state index is 7.01. The molecule has 55 heavy (non-hydrogen) atoms. The van der Waals surface area contributed by atoms with E-state index < -0.39 is 0 Å². The molecule has 2 aromatic rings. The first kappa shape index (κ1) is 45.7. The van der Waals surface area contributed by atoms with Gasteiger partial charge in [-0.3, -0.25) is 0 Å². The molecule has 0 bridgehead atoms. The molecule has 2 aromatic carbocycles. The molecule has 4 rings (SSSR count). The minimum Gasteiger partial charge on any atom is -0.493 e. The van der Waals surface area contributed by atoms with Crippen molar-refractivity contribution >= 4 is 0 Å². The third kappa shape index (κ3) is 10.7. The van der Waals surface area contributed by atoms with Crippen molar-refractivity contribution in [1.29, 1.82) is 0 Å². The standard InChI is InChI=1S/C51H84O4/c1-17-35(43-33-54-43)25-23-27-52-45-39(47(7,8)19-3)29-37(30-40(45)48(9,10)20-4)51(15,16)38-31-41(49(11,12)21-5)46(42(32-38)50(13,14)22-6)53-28-24-26-36(18-2)44-34-55-44/h29-32,35-36,43-44H,17-28,33-34H2,1-16H3. The number of ether oxygens (including phenoxy) is 4. The lowest BCUT2D eigenvalue weighted by Crippen LogP contribution is -2.29. The molecule has 2 heterocycles. The zero-order chi connectivity index (χ0) is 41.0. The SMILES string of the molecule is CCC(CCCOc1c(C(C)(C)CC)cc(C(C)(C)c2cc(C(C)(C)CC)c(OCCCC(CC)C3CO3)c(C(C)(C)CC)c2)cc1C(C)(C)CC)C1CO1. The Bertz CT molecular complexity index is 1350. The van der Waals surface area contributed by atoms with Crippen LogP contribution in [-0.2, 0) is 36.5 Å². The van der Waals surface area contributed by atoms with Gasteiger partial charge < -0.3 is 18.9 Å². The average Bonchev–Trinajstić information content (AvgIpc) is 4.10. The molecule has 0 radical (unpaired) electrons. The van der Waals surface area contributed by atoms with Crippen molar-refractivity contribution in [2.75, 3.05) is 26.4 Å². The first-order chi connectivity index (χ1) is 25.7. The zero-order valence-electron chi connectivity index (χ0n) is 38.7. The van der Waals surface area contributed by atoms with E-state index in [0.29, 0.717) is 24.0 Å². The highest BCUT2D eigenvalue weighted by Gasteiger charge is 2.38. The fraction of sp³-hybridized carbons (Fsp3) is 0.765. The van der Waals surface area contributed by atoms with Gasteiger partial charge in [0.2, 0.25) is 0 Å². The Hall–Kier alpha value is -2.04. The molecule has 4 heteroatoms. The van der Waals surface area contributed by atoms with E-state index in [9.17, 15) is 0 Å². The monoisotopic (exact) mass is 761 g/mol. The van der Waals surface area contributed by atoms with Gasteiger partial charge in [-0.25, -0.2) is 0 Å². The molecule has 4 nitrogen and oxygen atoms in total. The molecule has 0 aliphatic carbocycles. The number of hydrogen-bond acceptors (Lipinski definition) is 4. The van der Waals surface area contributed by atoms with Gasteiger partial charge in [-0.1, -0.05) is 148 Å². The van der Waals surface area contributed by atoms with Crippen molar-refractivity contribution in [2.24, 2.45) is 11.8 Å². The lowest BCUT2D eigenvalue weighted by molar-refractivity contribution is 0.254. The topological polar surface area (TPSA) is 43.5 Å². The summed E-state index contributed by atoms with van der Waals surface area (Å²) >= 11 is 0. The van der Waals surface area contributed by atoms with Crippen LogP contribution in [0.3, 0.4) is 0 Å². The van der Waals surface area contributed by atoms with Crippen molar-refractivity contribution in [3.8, 4) is 11.5 Å². The summed E-state index contributed by atoms with van der Waals surface area (Å²) in [6, 6.07) is 10.1. The zero-order valence-corrected chi connectivity index (χ0v) is 38.7. The predicted molar refractivity (Wildman–Crippen MR) is 235 cm³/mol. The summed E-state index contributed by atoms with van der Waals surface area (Å²) < 4.78 is 25.4. The van der Waals surface area contributed by atoms with E-state index in [2.05, 4.69) is 135 Å². The predicted octanol–water partition coefficient (Wildman–Crippen LogP) is 13.9. The second-order valence-electron chi connectivity index (χ2n) is 20.4. The highest BCUT2D eigenvalue weighted by atomic mass is 16.6. The molecule has 2 aliphatic heterocycles. The Kier molecular flexibility index (Phi) is 15.2. The van der Waals surface area contributed by atoms with Gasteiger partial charge in [0.25, 0.3) is 0 Å². The Morgan fingerprint density at radius 2 is 0.782 bits per heavy atom. The molecule has 4 atom stereocenters. The van der Waals surface area contributed by atoms with E-state index in [1.807, 2.05) is 0 Å². The molecule has 2 fully saturated rings. The molecule has 2 saturated heterocycles. The van der Waals surface area contributed by atoms with Crippen molar-refractivity contribution in [1.82, 2.24) is 0 Å². The number of benzene rings is 2. The first-order valence-corrected chi connectivity index (χ1v) is 22.6. The van der Waals surface area contributed by atoms with Gasteiger partial charge in [0.1, 0.15) is 11.5 Å². The second kappa shape index (κ2) is 18.3. The number of epoxide rings is 2. The van der Waals surface area contributed by atoms with Gasteiger partial charge in [0, 0.05) is 27.7 Å². The fourth-order valence-electron chi connectivity index (χ4n) is 8.23. The number of rotatable bonds is 24. The minimum absolute atomic E-state index is 0.0430. The normalized spacial score (nSPS) is 19.0. The highest BCUT2D eigenvalue weighted by Crippen LogP contribution is 2.49. The van der Waals surface area contributed by atoms with Crippen LogP contribution in [0.2, 0.25) is 0 Å². The molecule has 0 saturated carbocycles. The van der Waals surface area contributed by atoms with Gasteiger partial charge >= 0.3 is 0 Å². The third-order valence-corrected chi connectivity index (χ3v) is 14.8. The van der Waals surface area contributed by atoms with E-state index in [1.54, 1.807) is 0 Å². The molecule has 4 unspecified atom stereocenters. The smallest absolute Gasteiger partial charge is 0.126 e. The largest absolute Gasteiger partial charge is 0.493 e. The van der Waals surface area contributed by atoms with E-state index >= 15 is 0 Å². The van der Waals surface area contributed by atoms with Crippen LogP contribution in [-0.4, -0.2) is 38.6 Å². The number of hydrogen-bond donors (Lipinski definition) is 0. The Morgan fingerprint density at radius 3 is 1.00 bits per heavy atom. The van der Waals surface area contributed by atoms with Crippen LogP contribution < -0.4 is 9.47 Å². The third-order valence-electron chi connectivity index (χ3n) is 14.8. The van der Waals surface area contributed by atoms with Crippen LogP contribution in [0.1, 0.15) is 208 Å². The fourth-order valence-corrected chi connectivity index (χ4v) is 8.23. The molecule has 312 valence electrons. The summed E-state index contributed by atoms with van der Waals surface area (Å²) in [5, 5.41) is 0. The van der Waals surface area contributed by atoms with Crippen LogP contribution in [0.5, 0.6) is 11.5 Å². The summed E-state index contributed by atoms with van der Waals surface area (Å²) in [6.07, 6.45) is 11.9. The molecule has 0 aromatic heterocycles. The summed E-state index contributed by atoms with van der Waals surface area (Å²) in [5.74, 6) is 3.53. The lowest BCUT2D eigenvalue weighted by Gasteiger charge is -2.38. The first-order valence-electron chi connectivity index (χ1n) is 22.6. The summed E-state index contributed by atoms with van der Waals surface area (Å²) in [7, 11) is 0. The second-order valence-corrected chi connectivity index (χ2v) is 20.4. The van der Waals surface area contributed by atoms with E-state index in [-0.39, 0.29) is 27.1 Å². The molecule has 0 spiro atoms. The lowest BCUT2D eigenvalue weighted by atomic mass is 9.68. The molecular formula is C51H84O4. The Balaban J connectivity index is 1.84. The molecule has 0 amide bonds. The van der Waals surface area contributed by atoms with Crippen LogP contribution in [0.15, 0.2) is 24.3 Å². The summed E-state index contributed by atoms with van der Waals surface area (Å²) in [5.41, 5.74) is 7.69. The Labute approximate surface area is 339 Å². The Morgan fingerprint density at radius 1 is 0.509 bits per heavy atom. The van der Waals surface area contributed by atoms with E-state index in [1.165, 1.54) is 46.2 Å². The maximum Gasteiger partial charge on any atom is 0.126 e. The van der Waals surface area contributed by atoms with Crippen molar-refractivity contribution in [3.63, 3.8) is 0 Å². The molecule has 0 N–H and O–H groups in total. The van der Waals surface area contributed by atoms with Crippen molar-refractivity contribution in [3.05, 3.63) is 57.6 Å². The quantitative estimate of drug-likeness (QED) is 0.0789. The van der Waals surface area contributed by atoms with Crippen molar-refractivity contribution < 1.29 is 18.9 Å². The minimum atomic E-state index is -0.261. The van der Waals surface area contributed by atoms with E-state index in [4.69, 9.17) is 18.9 Å². The van der Waals surface area contributed by atoms with Crippen LogP contribution in [0, 0.1) is 11.8 Å². The van der Waals surface area contributed by atoms with Gasteiger partial charge in [0.15, 0.2) is 0 Å². The van der Waals surface area contributed by atoms with Crippen LogP contribution >= 0.6 is 0 Å². The maximum atomic E-state index is 7.01. The van der Waals surface area contributed by atoms with E-state index in [0.717, 1.165) is 89.3 Å². The highest BCUT2D eigenvalue weighted by molar-refractivity contribution is 5.58. The van der Waals surface area contributed by atoms with Crippen LogP contribution in [0.25, 0.3) is 0 Å². The molecule has 2 aliphatic rings. The average molecular weight is 761 g/mol. The van der Waals surface area contributed by atoms with Crippen molar-refractivity contribution in [2.45, 2.75) is 214 Å². The summed E-state index contributed by atoms with van der Waals surface area (Å²) in [6.45, 7) is 41.4. The van der Waals surface area contributed by atoms with Gasteiger partial charge in [-0.15, -0.1) is 0 Å². The van der Waals surface area contributed by atoms with Gasteiger partial charge in [-0.2, -0.15) is 0 Å².